The number of hydrogen-bond acceptors (Lipinski definition) is 5. The molecule has 3 heterocycles. The quantitative estimate of drug-likeness (QED) is 0.914. The summed E-state index contributed by atoms with van der Waals surface area (Å²) in [6, 6.07) is 2.46. The van der Waals surface area contributed by atoms with Gasteiger partial charge in [-0.3, -0.25) is 0 Å². The summed E-state index contributed by atoms with van der Waals surface area (Å²) in [4.78, 5) is 11.1. The summed E-state index contributed by atoms with van der Waals surface area (Å²) in [5.74, 6) is 2.79. The van der Waals surface area contributed by atoms with Crippen LogP contribution in [0.5, 0.6) is 0 Å². The van der Waals surface area contributed by atoms with Crippen LogP contribution >= 0.6 is 0 Å². The topological polar surface area (TPSA) is 50.3 Å². The first kappa shape index (κ1) is 13.6. The lowest BCUT2D eigenvalue weighted by Gasteiger charge is -2.24. The largest absolute Gasteiger partial charge is 0.379 e. The van der Waals surface area contributed by atoms with Gasteiger partial charge in [0, 0.05) is 25.8 Å². The zero-order valence-corrected chi connectivity index (χ0v) is 12.2. The van der Waals surface area contributed by atoms with E-state index in [2.05, 4.69) is 33.2 Å². The van der Waals surface area contributed by atoms with E-state index in [-0.39, 0.29) is 0 Å². The number of rotatable bonds is 4. The average Bonchev–Trinajstić information content (AvgIpc) is 2.98. The first-order valence-electron chi connectivity index (χ1n) is 7.76. The van der Waals surface area contributed by atoms with E-state index in [1.807, 2.05) is 0 Å². The summed E-state index contributed by atoms with van der Waals surface area (Å²) in [5, 5.41) is 3.47. The van der Waals surface area contributed by atoms with Gasteiger partial charge in [-0.25, -0.2) is 9.97 Å². The van der Waals surface area contributed by atoms with Crippen LogP contribution in [0.15, 0.2) is 12.4 Å². The predicted molar refractivity (Wildman–Crippen MR) is 80.1 cm³/mol. The molecule has 0 aliphatic carbocycles. The molecule has 0 aromatic carbocycles. The minimum absolute atomic E-state index is 0.383. The Kier molecular flexibility index (Phi) is 4.35. The maximum absolute atomic E-state index is 5.50. The molecule has 1 N–H and O–H groups in total. The lowest BCUT2D eigenvalue weighted by Crippen LogP contribution is -2.30. The first-order valence-corrected chi connectivity index (χ1v) is 7.76. The fourth-order valence-corrected chi connectivity index (χ4v) is 3.04. The molecule has 0 spiro atoms. The summed E-state index contributed by atoms with van der Waals surface area (Å²) in [6.45, 7) is 6.17. The van der Waals surface area contributed by atoms with Gasteiger partial charge in [0.2, 0.25) is 0 Å². The molecule has 2 aliphatic rings. The molecule has 20 heavy (non-hydrogen) atoms. The van der Waals surface area contributed by atoms with Crippen LogP contribution in [0, 0.1) is 5.92 Å². The molecule has 0 unspecified atom stereocenters. The number of hydrogen-bond donors (Lipinski definition) is 1. The predicted octanol–water partition coefficient (Wildman–Crippen LogP) is 2.30. The second-order valence-corrected chi connectivity index (χ2v) is 5.83. The molecule has 0 bridgehead atoms. The summed E-state index contributed by atoms with van der Waals surface area (Å²) < 4.78 is 5.50. The number of anilines is 2. The van der Waals surface area contributed by atoms with Crippen molar-refractivity contribution in [2.24, 2.45) is 5.92 Å². The summed E-state index contributed by atoms with van der Waals surface area (Å²) >= 11 is 0. The van der Waals surface area contributed by atoms with Gasteiger partial charge < -0.3 is 15.0 Å². The van der Waals surface area contributed by atoms with Crippen LogP contribution < -0.4 is 10.2 Å². The molecule has 5 heteroatoms. The van der Waals surface area contributed by atoms with Crippen molar-refractivity contribution in [3.63, 3.8) is 0 Å². The van der Waals surface area contributed by atoms with E-state index in [0.717, 1.165) is 56.7 Å². The highest BCUT2D eigenvalue weighted by molar-refractivity contribution is 5.49. The van der Waals surface area contributed by atoms with Gasteiger partial charge >= 0.3 is 0 Å². The maximum atomic E-state index is 5.50. The van der Waals surface area contributed by atoms with Crippen LogP contribution in [0.2, 0.25) is 0 Å². The number of nitrogens with zero attached hydrogens (tertiary/aromatic N) is 3. The molecule has 110 valence electrons. The zero-order chi connectivity index (χ0) is 13.8. The monoisotopic (exact) mass is 276 g/mol. The third-order valence-corrected chi connectivity index (χ3v) is 4.35. The molecule has 2 atom stereocenters. The first-order chi connectivity index (χ1) is 9.85. The second-order valence-electron chi connectivity index (χ2n) is 5.83. The van der Waals surface area contributed by atoms with Gasteiger partial charge in [-0.1, -0.05) is 13.3 Å². The van der Waals surface area contributed by atoms with E-state index in [4.69, 9.17) is 4.74 Å². The van der Waals surface area contributed by atoms with Crippen molar-refractivity contribution < 1.29 is 4.74 Å². The summed E-state index contributed by atoms with van der Waals surface area (Å²) in [6.07, 6.45) is 6.48. The standard InChI is InChI=1S/C15H24N4O/c1-2-12-5-6-19(9-12)15-8-14(16-11-17-15)18-13-4-3-7-20-10-13/h8,11-13H,2-7,9-10H2,1H3,(H,16,17,18)/t12-,13+/m1/s1. The fourth-order valence-electron chi connectivity index (χ4n) is 3.04. The molecule has 0 amide bonds. The normalized spacial score (nSPS) is 26.8. The second kappa shape index (κ2) is 6.39. The highest BCUT2D eigenvalue weighted by Gasteiger charge is 2.22. The third-order valence-electron chi connectivity index (χ3n) is 4.35. The van der Waals surface area contributed by atoms with Crippen LogP contribution in [0.4, 0.5) is 11.6 Å². The van der Waals surface area contributed by atoms with Gasteiger partial charge in [0.05, 0.1) is 12.6 Å². The number of aromatic nitrogens is 2. The van der Waals surface area contributed by atoms with Crippen molar-refractivity contribution in [3.8, 4) is 0 Å². The van der Waals surface area contributed by atoms with Crippen LogP contribution in [-0.2, 0) is 4.74 Å². The molecule has 2 aliphatic heterocycles. The van der Waals surface area contributed by atoms with Gasteiger partial charge in [0.1, 0.15) is 18.0 Å². The SMILES string of the molecule is CC[C@@H]1CCN(c2cc(N[C@H]3CCCOC3)ncn2)C1. The fraction of sp³-hybridized carbons (Fsp3) is 0.733. The third kappa shape index (κ3) is 3.20. The van der Waals surface area contributed by atoms with Gasteiger partial charge in [0.15, 0.2) is 0 Å². The van der Waals surface area contributed by atoms with Crippen molar-refractivity contribution in [3.05, 3.63) is 12.4 Å². The molecular formula is C15H24N4O. The summed E-state index contributed by atoms with van der Waals surface area (Å²) in [5.41, 5.74) is 0. The molecule has 1 aromatic heterocycles. The van der Waals surface area contributed by atoms with Gasteiger partial charge in [-0.2, -0.15) is 0 Å². The molecule has 0 saturated carbocycles. The van der Waals surface area contributed by atoms with Crippen molar-refractivity contribution in [2.75, 3.05) is 36.5 Å². The molecular weight excluding hydrogens is 252 g/mol. The van der Waals surface area contributed by atoms with E-state index in [1.165, 1.54) is 12.8 Å². The van der Waals surface area contributed by atoms with E-state index in [0.29, 0.717) is 6.04 Å². The molecule has 2 saturated heterocycles. The number of nitrogens with one attached hydrogen (secondary N) is 1. The van der Waals surface area contributed by atoms with E-state index >= 15 is 0 Å². The Hall–Kier alpha value is -1.36. The van der Waals surface area contributed by atoms with Crippen LogP contribution in [0.3, 0.4) is 0 Å². The Labute approximate surface area is 120 Å². The Morgan fingerprint density at radius 2 is 2.35 bits per heavy atom. The van der Waals surface area contributed by atoms with Crippen molar-refractivity contribution in [1.82, 2.24) is 9.97 Å². The Balaban J connectivity index is 1.63. The minimum Gasteiger partial charge on any atom is -0.379 e. The van der Waals surface area contributed by atoms with Gasteiger partial charge in [0.25, 0.3) is 0 Å². The van der Waals surface area contributed by atoms with Crippen molar-refractivity contribution >= 4 is 11.6 Å². The van der Waals surface area contributed by atoms with Gasteiger partial charge in [-0.05, 0) is 25.2 Å². The zero-order valence-electron chi connectivity index (χ0n) is 12.2. The van der Waals surface area contributed by atoms with Crippen LogP contribution in [-0.4, -0.2) is 42.3 Å². The minimum atomic E-state index is 0.383. The number of ether oxygens (including phenoxy) is 1. The lowest BCUT2D eigenvalue weighted by atomic mass is 10.1. The lowest BCUT2D eigenvalue weighted by molar-refractivity contribution is 0.0875. The molecule has 3 rings (SSSR count). The Morgan fingerprint density at radius 1 is 1.40 bits per heavy atom. The average molecular weight is 276 g/mol. The maximum Gasteiger partial charge on any atom is 0.134 e. The molecule has 0 radical (unpaired) electrons. The highest BCUT2D eigenvalue weighted by atomic mass is 16.5. The Morgan fingerprint density at radius 3 is 3.10 bits per heavy atom. The molecule has 1 aromatic rings. The highest BCUT2D eigenvalue weighted by Crippen LogP contribution is 2.25. The summed E-state index contributed by atoms with van der Waals surface area (Å²) in [7, 11) is 0. The molecule has 5 nitrogen and oxygen atoms in total. The van der Waals surface area contributed by atoms with E-state index < -0.39 is 0 Å². The van der Waals surface area contributed by atoms with Crippen molar-refractivity contribution in [1.29, 1.82) is 0 Å². The van der Waals surface area contributed by atoms with Gasteiger partial charge in [-0.15, -0.1) is 0 Å². The van der Waals surface area contributed by atoms with Crippen LogP contribution in [0.25, 0.3) is 0 Å². The van der Waals surface area contributed by atoms with E-state index in [9.17, 15) is 0 Å². The molecule has 2 fully saturated rings. The van der Waals surface area contributed by atoms with Crippen molar-refractivity contribution in [2.45, 2.75) is 38.6 Å². The van der Waals surface area contributed by atoms with E-state index in [1.54, 1.807) is 6.33 Å². The Bertz CT molecular complexity index is 434. The van der Waals surface area contributed by atoms with Crippen LogP contribution in [0.1, 0.15) is 32.6 Å². The smallest absolute Gasteiger partial charge is 0.134 e.